The molecule has 2 N–H and O–H groups in total. The smallest absolute Gasteiger partial charge is 0.347 e. The van der Waals surface area contributed by atoms with E-state index in [1.54, 1.807) is 0 Å². The fourth-order valence-corrected chi connectivity index (χ4v) is 3.36. The Balaban J connectivity index is 1.50. The van der Waals surface area contributed by atoms with Crippen LogP contribution < -0.4 is 10.1 Å². The summed E-state index contributed by atoms with van der Waals surface area (Å²) in [7, 11) is 0. The van der Waals surface area contributed by atoms with E-state index in [9.17, 15) is 9.59 Å². The second kappa shape index (κ2) is 9.48. The van der Waals surface area contributed by atoms with E-state index in [1.807, 2.05) is 65.7 Å². The number of carboxylic acid groups (broad SMARTS) is 1. The Morgan fingerprint density at radius 2 is 1.87 bits per heavy atom. The van der Waals surface area contributed by atoms with Crippen molar-refractivity contribution in [3.05, 3.63) is 77.6 Å². The van der Waals surface area contributed by atoms with Crippen LogP contribution in [0.1, 0.15) is 43.9 Å². The number of hydrogen-bond donors (Lipinski definition) is 2. The standard InChI is InChI=1S/C24H28N2O4/c1-24(2,23(28)29)30-21-13-11-18(12-14-21)7-6-10-20-15-26(17-25-20)22(16-27)19-8-4-3-5-9-19/h3-5,8-9,11-16,22,25H,6-7,10,17H2,1-2H3,(H,28,29). The molecular weight excluding hydrogens is 380 g/mol. The lowest BCUT2D eigenvalue weighted by molar-refractivity contribution is -0.152. The second-order valence-electron chi connectivity index (χ2n) is 7.91. The van der Waals surface area contributed by atoms with Crippen molar-refractivity contribution in [2.45, 2.75) is 44.8 Å². The Morgan fingerprint density at radius 3 is 2.50 bits per heavy atom. The van der Waals surface area contributed by atoms with Crippen LogP contribution in [0.25, 0.3) is 0 Å². The van der Waals surface area contributed by atoms with Crippen LogP contribution in [0.3, 0.4) is 0 Å². The number of carbonyl (C=O) groups excluding carboxylic acids is 1. The summed E-state index contributed by atoms with van der Waals surface area (Å²) in [6.45, 7) is 3.68. The number of aldehydes is 1. The molecule has 2 aromatic carbocycles. The predicted octanol–water partition coefficient (Wildman–Crippen LogP) is 3.90. The molecule has 0 aromatic heterocycles. The van der Waals surface area contributed by atoms with Crippen LogP contribution in [0.5, 0.6) is 5.75 Å². The second-order valence-corrected chi connectivity index (χ2v) is 7.91. The summed E-state index contributed by atoms with van der Waals surface area (Å²) < 4.78 is 5.53. The third-order valence-corrected chi connectivity index (χ3v) is 5.16. The van der Waals surface area contributed by atoms with Gasteiger partial charge in [0.2, 0.25) is 0 Å². The van der Waals surface area contributed by atoms with Crippen molar-refractivity contribution in [2.75, 3.05) is 6.67 Å². The summed E-state index contributed by atoms with van der Waals surface area (Å²) in [5, 5.41) is 12.5. The normalized spacial score (nSPS) is 14.6. The Bertz CT molecular complexity index is 891. The number of rotatable bonds is 10. The van der Waals surface area contributed by atoms with Crippen molar-refractivity contribution >= 4 is 12.3 Å². The molecule has 0 saturated heterocycles. The van der Waals surface area contributed by atoms with Gasteiger partial charge in [-0.15, -0.1) is 0 Å². The molecule has 0 amide bonds. The number of hydrogen-bond acceptors (Lipinski definition) is 5. The number of carbonyl (C=O) groups is 2. The van der Waals surface area contributed by atoms with Crippen molar-refractivity contribution in [3.63, 3.8) is 0 Å². The highest BCUT2D eigenvalue weighted by Crippen LogP contribution is 2.24. The van der Waals surface area contributed by atoms with Crippen molar-refractivity contribution in [1.29, 1.82) is 0 Å². The minimum Gasteiger partial charge on any atom is -0.478 e. The van der Waals surface area contributed by atoms with E-state index in [1.165, 1.54) is 19.4 Å². The van der Waals surface area contributed by atoms with Gasteiger partial charge in [-0.05, 0) is 56.4 Å². The molecule has 3 rings (SSSR count). The Morgan fingerprint density at radius 1 is 1.17 bits per heavy atom. The zero-order valence-corrected chi connectivity index (χ0v) is 17.4. The number of carboxylic acids is 1. The number of allylic oxidation sites excluding steroid dienone is 1. The molecule has 0 fully saturated rings. The molecule has 1 heterocycles. The minimum absolute atomic E-state index is 0.279. The summed E-state index contributed by atoms with van der Waals surface area (Å²) >= 11 is 0. The fourth-order valence-electron chi connectivity index (χ4n) is 3.36. The summed E-state index contributed by atoms with van der Waals surface area (Å²) in [6.07, 6.45) is 5.77. The van der Waals surface area contributed by atoms with Crippen molar-refractivity contribution in [3.8, 4) is 5.75 Å². The third-order valence-electron chi connectivity index (χ3n) is 5.16. The molecule has 1 atom stereocenters. The van der Waals surface area contributed by atoms with E-state index >= 15 is 0 Å². The Hall–Kier alpha value is -3.28. The molecule has 158 valence electrons. The van der Waals surface area contributed by atoms with Gasteiger partial charge < -0.3 is 24.9 Å². The predicted molar refractivity (Wildman–Crippen MR) is 115 cm³/mol. The Kier molecular flexibility index (Phi) is 6.77. The van der Waals surface area contributed by atoms with Crippen molar-refractivity contribution in [1.82, 2.24) is 10.2 Å². The van der Waals surface area contributed by atoms with E-state index in [0.717, 1.165) is 36.8 Å². The molecule has 6 heteroatoms. The molecule has 0 radical (unpaired) electrons. The largest absolute Gasteiger partial charge is 0.478 e. The van der Waals surface area contributed by atoms with Gasteiger partial charge in [0.25, 0.3) is 0 Å². The lowest BCUT2D eigenvalue weighted by Crippen LogP contribution is -2.37. The molecule has 0 bridgehead atoms. The first kappa shape index (κ1) is 21.4. The number of aliphatic carboxylic acids is 1. The number of nitrogens with one attached hydrogen (secondary N) is 1. The fraction of sp³-hybridized carbons (Fsp3) is 0.333. The molecule has 0 spiro atoms. The number of benzene rings is 2. The molecule has 1 aliphatic heterocycles. The SMILES string of the molecule is CC(C)(Oc1ccc(CCCC2=CN(C(C=O)c3ccccc3)CN2)cc1)C(=O)O. The number of ether oxygens (including phenoxy) is 1. The van der Waals surface area contributed by atoms with Gasteiger partial charge in [-0.3, -0.25) is 0 Å². The van der Waals surface area contributed by atoms with Gasteiger partial charge >= 0.3 is 5.97 Å². The lowest BCUT2D eigenvalue weighted by Gasteiger charge is -2.22. The average molecular weight is 408 g/mol. The molecule has 30 heavy (non-hydrogen) atoms. The highest BCUT2D eigenvalue weighted by atomic mass is 16.5. The number of aryl methyl sites for hydroxylation is 1. The molecule has 6 nitrogen and oxygen atoms in total. The van der Waals surface area contributed by atoms with Gasteiger partial charge in [0.1, 0.15) is 18.1 Å². The van der Waals surface area contributed by atoms with E-state index in [4.69, 9.17) is 9.84 Å². The highest BCUT2D eigenvalue weighted by Gasteiger charge is 2.29. The van der Waals surface area contributed by atoms with Gasteiger partial charge in [0.15, 0.2) is 5.60 Å². The molecule has 2 aromatic rings. The highest BCUT2D eigenvalue weighted by molar-refractivity contribution is 5.76. The Labute approximate surface area is 177 Å². The van der Waals surface area contributed by atoms with Crippen LogP contribution in [-0.2, 0) is 16.0 Å². The van der Waals surface area contributed by atoms with Gasteiger partial charge in [-0.1, -0.05) is 42.5 Å². The lowest BCUT2D eigenvalue weighted by atomic mass is 10.1. The zero-order chi connectivity index (χ0) is 21.6. The van der Waals surface area contributed by atoms with Crippen LogP contribution in [0, 0.1) is 0 Å². The zero-order valence-electron chi connectivity index (χ0n) is 17.4. The van der Waals surface area contributed by atoms with Gasteiger partial charge in [0, 0.05) is 11.9 Å². The van der Waals surface area contributed by atoms with Gasteiger partial charge in [-0.25, -0.2) is 4.79 Å². The van der Waals surface area contributed by atoms with Crippen LogP contribution in [0.2, 0.25) is 0 Å². The van der Waals surface area contributed by atoms with E-state index in [2.05, 4.69) is 5.32 Å². The maximum atomic E-state index is 11.6. The first-order valence-electron chi connectivity index (χ1n) is 10.1. The molecule has 1 aliphatic rings. The quantitative estimate of drug-likeness (QED) is 0.581. The van der Waals surface area contributed by atoms with E-state index < -0.39 is 11.6 Å². The summed E-state index contributed by atoms with van der Waals surface area (Å²) in [5.74, 6) is -0.454. The first-order valence-corrected chi connectivity index (χ1v) is 10.1. The van der Waals surface area contributed by atoms with E-state index in [-0.39, 0.29) is 6.04 Å². The monoisotopic (exact) mass is 408 g/mol. The summed E-state index contributed by atoms with van der Waals surface area (Å²) in [5.41, 5.74) is 2.02. The molecular formula is C24H28N2O4. The average Bonchev–Trinajstić information content (AvgIpc) is 3.19. The third kappa shape index (κ3) is 5.41. The van der Waals surface area contributed by atoms with Crippen LogP contribution in [0.15, 0.2) is 66.5 Å². The summed E-state index contributed by atoms with van der Waals surface area (Å²) in [4.78, 5) is 24.8. The van der Waals surface area contributed by atoms with Crippen LogP contribution in [-0.4, -0.2) is 34.5 Å². The van der Waals surface area contributed by atoms with Gasteiger partial charge in [-0.2, -0.15) is 0 Å². The van der Waals surface area contributed by atoms with Crippen LogP contribution in [0.4, 0.5) is 0 Å². The molecule has 0 aliphatic carbocycles. The molecule has 0 saturated carbocycles. The van der Waals surface area contributed by atoms with Crippen molar-refractivity contribution < 1.29 is 19.4 Å². The summed E-state index contributed by atoms with van der Waals surface area (Å²) in [6, 6.07) is 17.0. The van der Waals surface area contributed by atoms with Crippen LogP contribution >= 0.6 is 0 Å². The minimum atomic E-state index is -1.26. The maximum Gasteiger partial charge on any atom is 0.347 e. The van der Waals surface area contributed by atoms with Gasteiger partial charge in [0.05, 0.1) is 6.67 Å². The first-order chi connectivity index (χ1) is 14.4. The maximum absolute atomic E-state index is 11.6. The molecule has 1 unspecified atom stereocenters. The van der Waals surface area contributed by atoms with Crippen molar-refractivity contribution in [2.24, 2.45) is 0 Å². The van der Waals surface area contributed by atoms with E-state index in [0.29, 0.717) is 12.4 Å². The number of nitrogens with zero attached hydrogens (tertiary/aromatic N) is 1. The topological polar surface area (TPSA) is 78.9 Å².